The molecule has 172 valence electrons. The Bertz CT molecular complexity index is 1200. The highest BCUT2D eigenvalue weighted by atomic mass is 16.5. The van der Waals surface area contributed by atoms with Crippen molar-refractivity contribution >= 4 is 22.8 Å². The van der Waals surface area contributed by atoms with Gasteiger partial charge < -0.3 is 14.5 Å². The monoisotopic (exact) mass is 446 g/mol. The second-order valence-electron chi connectivity index (χ2n) is 9.51. The molecule has 8 heteroatoms. The Kier molecular flexibility index (Phi) is 4.96. The molecule has 3 aromatic rings. The summed E-state index contributed by atoms with van der Waals surface area (Å²) in [5.74, 6) is 3.76. The van der Waals surface area contributed by atoms with E-state index in [2.05, 4.69) is 9.80 Å². The van der Waals surface area contributed by atoms with E-state index in [1.165, 1.54) is 0 Å². The first-order chi connectivity index (χ1) is 16.1. The number of amides is 1. The molecule has 0 atom stereocenters. The summed E-state index contributed by atoms with van der Waals surface area (Å²) in [6.45, 7) is 5.30. The number of hydrogen-bond donors (Lipinski definition) is 0. The molecule has 0 radical (unpaired) electrons. The number of rotatable bonds is 5. The lowest BCUT2D eigenvalue weighted by Gasteiger charge is -2.24. The van der Waals surface area contributed by atoms with Gasteiger partial charge >= 0.3 is 0 Å². The second-order valence-corrected chi connectivity index (χ2v) is 9.51. The average molecular weight is 447 g/mol. The molecule has 1 amide bonds. The van der Waals surface area contributed by atoms with Crippen LogP contribution in [0.1, 0.15) is 49.5 Å². The van der Waals surface area contributed by atoms with E-state index < -0.39 is 0 Å². The number of fused-ring (bicyclic) bond motifs is 1. The van der Waals surface area contributed by atoms with Crippen LogP contribution in [0.3, 0.4) is 0 Å². The third-order valence-electron chi connectivity index (χ3n) is 6.99. The van der Waals surface area contributed by atoms with Gasteiger partial charge in [0, 0.05) is 38.0 Å². The molecule has 0 N–H and O–H groups in total. The van der Waals surface area contributed by atoms with Gasteiger partial charge in [0.2, 0.25) is 5.91 Å². The molecule has 33 heavy (non-hydrogen) atoms. The molecule has 1 aliphatic heterocycles. The highest BCUT2D eigenvalue weighted by Crippen LogP contribution is 2.41. The lowest BCUT2D eigenvalue weighted by Crippen LogP contribution is -2.36. The van der Waals surface area contributed by atoms with E-state index in [1.807, 2.05) is 35.9 Å². The smallest absolute Gasteiger partial charge is 0.225 e. The van der Waals surface area contributed by atoms with Crippen LogP contribution in [-0.2, 0) is 4.79 Å². The van der Waals surface area contributed by atoms with Crippen molar-refractivity contribution in [3.8, 4) is 11.4 Å². The summed E-state index contributed by atoms with van der Waals surface area (Å²) in [7, 11) is 1.67. The minimum Gasteiger partial charge on any atom is -0.497 e. The number of anilines is 1. The van der Waals surface area contributed by atoms with E-state index in [-0.39, 0.29) is 5.92 Å². The van der Waals surface area contributed by atoms with Gasteiger partial charge in [-0.15, -0.1) is 0 Å². The van der Waals surface area contributed by atoms with Gasteiger partial charge in [0.1, 0.15) is 17.4 Å². The SMILES string of the molecule is COc1ccc(-n2nc(C)c3c(N4CCCN(C(=O)C5CC5)CC4)nc(C4CC4)nc32)cc1. The number of benzene rings is 1. The summed E-state index contributed by atoms with van der Waals surface area (Å²) in [4.78, 5) is 27.1. The van der Waals surface area contributed by atoms with E-state index in [1.54, 1.807) is 7.11 Å². The maximum absolute atomic E-state index is 12.6. The van der Waals surface area contributed by atoms with Crippen LogP contribution in [-0.4, -0.2) is 63.8 Å². The highest BCUT2D eigenvalue weighted by Gasteiger charge is 2.35. The van der Waals surface area contributed by atoms with Gasteiger partial charge in [0.25, 0.3) is 0 Å². The lowest BCUT2D eigenvalue weighted by atomic mass is 10.2. The van der Waals surface area contributed by atoms with Crippen LogP contribution in [0.4, 0.5) is 5.82 Å². The number of carbonyl (C=O) groups excluding carboxylic acids is 1. The molecule has 2 aromatic heterocycles. The first kappa shape index (κ1) is 20.4. The first-order valence-corrected chi connectivity index (χ1v) is 12.1. The number of ether oxygens (including phenoxy) is 1. The van der Waals surface area contributed by atoms with Crippen molar-refractivity contribution in [3.05, 3.63) is 35.8 Å². The molecule has 1 saturated heterocycles. The normalized spacial score (nSPS) is 19.1. The standard InChI is InChI=1S/C25H30N6O2/c1-16-21-23(29-12-3-13-30(15-14-29)25(32)18-6-7-18)26-22(17-4-5-17)27-24(21)31(28-16)19-8-10-20(33-2)11-9-19/h8-11,17-18H,3-7,12-15H2,1-2H3. The zero-order chi connectivity index (χ0) is 22.5. The van der Waals surface area contributed by atoms with E-state index in [9.17, 15) is 4.79 Å². The molecule has 6 rings (SSSR count). The average Bonchev–Trinajstić information content (AvgIpc) is 3.74. The third-order valence-corrected chi connectivity index (χ3v) is 6.99. The van der Waals surface area contributed by atoms with Crippen molar-refractivity contribution in [2.75, 3.05) is 38.2 Å². The van der Waals surface area contributed by atoms with Gasteiger partial charge in [-0.2, -0.15) is 5.10 Å². The Morgan fingerprint density at radius 1 is 1.00 bits per heavy atom. The Morgan fingerprint density at radius 3 is 2.48 bits per heavy atom. The molecule has 0 bridgehead atoms. The van der Waals surface area contributed by atoms with Crippen LogP contribution >= 0.6 is 0 Å². The molecule has 0 unspecified atom stereocenters. The number of nitrogens with zero attached hydrogens (tertiary/aromatic N) is 6. The quantitative estimate of drug-likeness (QED) is 0.597. The molecule has 8 nitrogen and oxygen atoms in total. The fourth-order valence-corrected chi connectivity index (χ4v) is 4.77. The molecular weight excluding hydrogens is 416 g/mol. The van der Waals surface area contributed by atoms with Crippen LogP contribution in [0.25, 0.3) is 16.7 Å². The number of hydrogen-bond acceptors (Lipinski definition) is 6. The van der Waals surface area contributed by atoms with Crippen LogP contribution in [0.2, 0.25) is 0 Å². The van der Waals surface area contributed by atoms with Gasteiger partial charge in [-0.3, -0.25) is 4.79 Å². The topological polar surface area (TPSA) is 76.4 Å². The van der Waals surface area contributed by atoms with Crippen LogP contribution < -0.4 is 9.64 Å². The van der Waals surface area contributed by atoms with Gasteiger partial charge in [-0.05, 0) is 63.3 Å². The summed E-state index contributed by atoms with van der Waals surface area (Å²) in [5, 5.41) is 5.88. The molecular formula is C25H30N6O2. The van der Waals surface area contributed by atoms with E-state index in [0.717, 1.165) is 98.1 Å². The summed E-state index contributed by atoms with van der Waals surface area (Å²) in [6.07, 6.45) is 5.35. The summed E-state index contributed by atoms with van der Waals surface area (Å²) < 4.78 is 7.25. The zero-order valence-electron chi connectivity index (χ0n) is 19.3. The van der Waals surface area contributed by atoms with Crippen molar-refractivity contribution in [1.29, 1.82) is 0 Å². The summed E-state index contributed by atoms with van der Waals surface area (Å²) >= 11 is 0. The number of aryl methyl sites for hydroxylation is 1. The second kappa shape index (κ2) is 8.01. The fourth-order valence-electron chi connectivity index (χ4n) is 4.77. The number of methoxy groups -OCH3 is 1. The molecule has 3 fully saturated rings. The van der Waals surface area contributed by atoms with Crippen molar-refractivity contribution < 1.29 is 9.53 Å². The first-order valence-electron chi connectivity index (χ1n) is 12.1. The zero-order valence-corrected chi connectivity index (χ0v) is 19.3. The minimum absolute atomic E-state index is 0.272. The third kappa shape index (κ3) is 3.81. The summed E-state index contributed by atoms with van der Waals surface area (Å²) in [6, 6.07) is 7.91. The Labute approximate surface area is 193 Å². The van der Waals surface area contributed by atoms with Crippen LogP contribution in [0, 0.1) is 12.8 Å². The van der Waals surface area contributed by atoms with Crippen LogP contribution in [0.5, 0.6) is 5.75 Å². The van der Waals surface area contributed by atoms with Gasteiger partial charge in [0.05, 0.1) is 23.9 Å². The van der Waals surface area contributed by atoms with Crippen molar-refractivity contribution in [1.82, 2.24) is 24.6 Å². The van der Waals surface area contributed by atoms with Gasteiger partial charge in [-0.1, -0.05) is 0 Å². The molecule has 1 aromatic carbocycles. The Hall–Kier alpha value is -3.16. The van der Waals surface area contributed by atoms with Crippen molar-refractivity contribution in [2.24, 2.45) is 5.92 Å². The number of aromatic nitrogens is 4. The Morgan fingerprint density at radius 2 is 1.79 bits per heavy atom. The summed E-state index contributed by atoms with van der Waals surface area (Å²) in [5.41, 5.74) is 2.74. The number of carbonyl (C=O) groups is 1. The fraction of sp³-hybridized carbons (Fsp3) is 0.520. The van der Waals surface area contributed by atoms with Crippen LogP contribution in [0.15, 0.2) is 24.3 Å². The van der Waals surface area contributed by atoms with E-state index in [0.29, 0.717) is 11.8 Å². The maximum Gasteiger partial charge on any atom is 0.225 e. The van der Waals surface area contributed by atoms with Gasteiger partial charge in [-0.25, -0.2) is 14.6 Å². The molecule has 0 spiro atoms. The maximum atomic E-state index is 12.6. The predicted octanol–water partition coefficient (Wildman–Crippen LogP) is 3.46. The molecule has 3 aliphatic rings. The van der Waals surface area contributed by atoms with Crippen molar-refractivity contribution in [2.45, 2.75) is 44.9 Å². The lowest BCUT2D eigenvalue weighted by molar-refractivity contribution is -0.132. The highest BCUT2D eigenvalue weighted by molar-refractivity contribution is 5.91. The van der Waals surface area contributed by atoms with E-state index in [4.69, 9.17) is 19.8 Å². The molecule has 2 aliphatic carbocycles. The van der Waals surface area contributed by atoms with E-state index >= 15 is 0 Å². The molecule has 3 heterocycles. The molecule has 2 saturated carbocycles. The Balaban J connectivity index is 1.39. The van der Waals surface area contributed by atoms with Crippen molar-refractivity contribution in [3.63, 3.8) is 0 Å². The van der Waals surface area contributed by atoms with Gasteiger partial charge in [0.15, 0.2) is 5.65 Å². The predicted molar refractivity (Wildman–Crippen MR) is 126 cm³/mol. The minimum atomic E-state index is 0.272. The largest absolute Gasteiger partial charge is 0.497 e.